The van der Waals surface area contributed by atoms with E-state index in [2.05, 4.69) is 199 Å². The maximum absolute atomic E-state index is 10.7. The van der Waals surface area contributed by atoms with Gasteiger partial charge in [-0.15, -0.1) is 0 Å². The summed E-state index contributed by atoms with van der Waals surface area (Å²) in [5, 5.41) is 12.7. The van der Waals surface area contributed by atoms with Crippen LogP contribution in [0.4, 0.5) is 25.2 Å². The molecule has 1 aliphatic rings. The van der Waals surface area contributed by atoms with Gasteiger partial charge in [-0.1, -0.05) is 199 Å². The zero-order valence-corrected chi connectivity index (χ0v) is 40.1. The maximum Gasteiger partial charge on any atom is 1.00 e. The maximum atomic E-state index is 9.87. The summed E-state index contributed by atoms with van der Waals surface area (Å²) in [7, 11) is -11.9. The van der Waals surface area contributed by atoms with E-state index in [0.717, 1.165) is 11.4 Å². The van der Waals surface area contributed by atoms with Gasteiger partial charge in [0.05, 0.1) is 16.9 Å². The fourth-order valence-electron chi connectivity index (χ4n) is 5.39. The third-order valence-corrected chi connectivity index (χ3v) is 12.7. The molecule has 0 fully saturated rings. The predicted octanol–water partition coefficient (Wildman–Crippen LogP) is 13.5. The molecule has 2 heterocycles. The largest absolute Gasteiger partial charge is 1.00 e. The Morgan fingerprint density at radius 1 is 0.435 bits per heavy atom. The third-order valence-electron chi connectivity index (χ3n) is 8.08. The average Bonchev–Trinajstić information content (AvgIpc) is 3.80. The number of halogens is 6. The van der Waals surface area contributed by atoms with Crippen molar-refractivity contribution in [2.24, 2.45) is 0 Å². The first-order chi connectivity index (χ1) is 28.5. The van der Waals surface area contributed by atoms with Crippen molar-refractivity contribution in [1.29, 1.82) is 5.26 Å². The monoisotopic (exact) mass is 991 g/mol. The van der Waals surface area contributed by atoms with Gasteiger partial charge in [0.1, 0.15) is 0 Å². The molecular weight excluding hydrogens is 939 g/mol. The Morgan fingerprint density at radius 3 is 0.871 bits per heavy atom. The van der Waals surface area contributed by atoms with Crippen molar-refractivity contribution in [3.8, 4) is 6.07 Å². The molecule has 2 radical (unpaired) electrons. The van der Waals surface area contributed by atoms with Gasteiger partial charge in [-0.2, -0.15) is 5.26 Å². The van der Waals surface area contributed by atoms with Crippen molar-refractivity contribution in [2.45, 2.75) is 59.3 Å². The minimum absolute atomic E-state index is 0. The molecule has 0 unspecified atom stereocenters. The Bertz CT molecular complexity index is 2090. The number of hydrogen-bond acceptors (Lipinski definition) is 3. The van der Waals surface area contributed by atoms with Crippen LogP contribution in [0.25, 0.3) is 0 Å². The fourth-order valence-corrected chi connectivity index (χ4v) is 9.81. The minimum atomic E-state index is -10.7. The van der Waals surface area contributed by atoms with Crippen LogP contribution in [0, 0.1) is 17.8 Å². The van der Waals surface area contributed by atoms with E-state index in [9.17, 15) is 25.2 Å². The van der Waals surface area contributed by atoms with Gasteiger partial charge in [-0.3, -0.25) is 9.97 Å². The van der Waals surface area contributed by atoms with Crippen LogP contribution < -0.4 is 32.1 Å². The topological polar surface area (TPSA) is 49.6 Å². The van der Waals surface area contributed by atoms with Gasteiger partial charge in [0.2, 0.25) is 0 Å². The van der Waals surface area contributed by atoms with Crippen LogP contribution in [0.3, 0.4) is 0 Å². The first kappa shape index (κ1) is 53.8. The Balaban J connectivity index is 0.000000318. The molecule has 0 aliphatic heterocycles. The van der Waals surface area contributed by atoms with Crippen molar-refractivity contribution < 1.29 is 44.7 Å². The molecule has 3 nitrogen and oxygen atoms in total. The Morgan fingerprint density at radius 2 is 0.677 bits per heavy atom. The van der Waals surface area contributed by atoms with E-state index in [1.165, 1.54) is 39.0 Å². The van der Waals surface area contributed by atoms with Crippen LogP contribution in [0.2, 0.25) is 0 Å². The Labute approximate surface area is 379 Å². The van der Waals surface area contributed by atoms with Gasteiger partial charge in [0.15, 0.2) is 0 Å². The summed E-state index contributed by atoms with van der Waals surface area (Å²) in [4.78, 5) is 10.1. The van der Waals surface area contributed by atoms with Crippen LogP contribution in [0.15, 0.2) is 182 Å². The molecule has 4 aromatic carbocycles. The summed E-state index contributed by atoms with van der Waals surface area (Å²) < 4.78 is 59.2. The van der Waals surface area contributed by atoms with Gasteiger partial charge in [-0.25, -0.2) is 0 Å². The minimum Gasteiger partial charge on any atom is -0.0767 e. The third kappa shape index (κ3) is 21.1. The average molecular weight is 991 g/mol. The molecule has 1 aliphatic carbocycles. The molecule has 328 valence electrons. The Hall–Kier alpha value is -4.36. The first-order valence-electron chi connectivity index (χ1n) is 19.3. The van der Waals surface area contributed by atoms with Crippen LogP contribution in [-0.4, -0.2) is 9.97 Å². The normalized spacial score (nSPS) is 12.8. The van der Waals surface area contributed by atoms with Crippen molar-refractivity contribution in [1.82, 2.24) is 9.97 Å². The summed E-state index contributed by atoms with van der Waals surface area (Å²) in [6, 6.07) is 57.5. The summed E-state index contributed by atoms with van der Waals surface area (Å²) in [5.41, 5.74) is 4.76. The number of aromatic nitrogens is 2. The standard InChI is InChI=1S/2C21H22NP.C5H5.C2H3N.F6P.Ru/c2*1-21(2,3)19-15-10-16-20(22-19)23(17-11-6-4-7-12-17)18-13-8-5-9-14-18;1-2-4-5-3-1;1-2-3;1-7(2,3,4,5)6;/h2*4-16H,1-3H3;1-5H;1H3;;/q;;;;-1;+1. The SMILES string of the molecule is CC#N.CC(C)(C)c1cccc(P(c2ccccc2)c2ccccc2)n1.CC(C)(C)c1cccc(P(c2ccccc2)c2ccccc2)n1.F[P-](F)(F)(F)(F)F.[CH]1C=CC=C1.[Ru+]. The van der Waals surface area contributed by atoms with Gasteiger partial charge in [0.25, 0.3) is 0 Å². The van der Waals surface area contributed by atoms with Crippen LogP contribution in [0.1, 0.15) is 59.9 Å². The molecule has 0 N–H and O–H groups in total. The fraction of sp³-hybridized carbons (Fsp3) is 0.184. The number of nitriles is 1. The van der Waals surface area contributed by atoms with Gasteiger partial charge in [0, 0.05) is 51.4 Å². The van der Waals surface area contributed by atoms with Crippen LogP contribution >= 0.6 is 23.7 Å². The van der Waals surface area contributed by atoms with Crippen LogP contribution in [-0.2, 0) is 30.3 Å². The first-order valence-corrected chi connectivity index (χ1v) is 24.0. The number of pyridine rings is 2. The van der Waals surface area contributed by atoms with E-state index >= 15 is 0 Å². The number of allylic oxidation sites excluding steroid dienone is 4. The molecule has 13 heteroatoms. The van der Waals surface area contributed by atoms with E-state index in [1.54, 1.807) is 6.07 Å². The molecule has 0 atom stereocenters. The summed E-state index contributed by atoms with van der Waals surface area (Å²) in [6.07, 6.45) is 10.0. The van der Waals surface area contributed by atoms with Gasteiger partial charge in [-0.05, 0) is 45.5 Å². The van der Waals surface area contributed by atoms with E-state index in [-0.39, 0.29) is 30.3 Å². The number of benzene rings is 4. The second-order valence-electron chi connectivity index (χ2n) is 15.4. The van der Waals surface area contributed by atoms with E-state index in [1.807, 2.05) is 30.7 Å². The molecule has 0 saturated carbocycles. The van der Waals surface area contributed by atoms with Crippen molar-refractivity contribution in [2.75, 3.05) is 0 Å². The molecule has 0 bridgehead atoms. The molecule has 7 rings (SSSR count). The molecule has 0 spiro atoms. The predicted molar refractivity (Wildman–Crippen MR) is 251 cm³/mol. The van der Waals surface area contributed by atoms with Gasteiger partial charge < -0.3 is 0 Å². The molecule has 62 heavy (non-hydrogen) atoms. The van der Waals surface area contributed by atoms with Crippen molar-refractivity contribution in [3.05, 3.63) is 200 Å². The molecular formula is C49H52F6N3P3Ru. The number of rotatable bonds is 6. The quantitative estimate of drug-likeness (QED) is 0.0949. The van der Waals surface area contributed by atoms with Crippen LogP contribution in [0.5, 0.6) is 0 Å². The molecule has 0 saturated heterocycles. The second kappa shape index (κ2) is 23.4. The van der Waals surface area contributed by atoms with Gasteiger partial charge >= 0.3 is 52.5 Å². The number of nitrogens with zero attached hydrogens (tertiary/aromatic N) is 3. The van der Waals surface area contributed by atoms with Crippen molar-refractivity contribution in [3.63, 3.8) is 0 Å². The van der Waals surface area contributed by atoms with E-state index in [4.69, 9.17) is 15.2 Å². The zero-order chi connectivity index (χ0) is 45.2. The second-order valence-corrected chi connectivity index (χ2v) is 21.7. The zero-order valence-electron chi connectivity index (χ0n) is 35.7. The van der Waals surface area contributed by atoms with E-state index in [0.29, 0.717) is 0 Å². The molecule has 0 amide bonds. The van der Waals surface area contributed by atoms with E-state index < -0.39 is 23.7 Å². The van der Waals surface area contributed by atoms with Crippen molar-refractivity contribution >= 4 is 55.7 Å². The number of hydrogen-bond donors (Lipinski definition) is 0. The summed E-state index contributed by atoms with van der Waals surface area (Å²) in [6.45, 7) is 14.7. The summed E-state index contributed by atoms with van der Waals surface area (Å²) >= 11 is 0. The summed E-state index contributed by atoms with van der Waals surface area (Å²) in [5.74, 6) is 0. The Kier molecular flexibility index (Phi) is 20.3. The molecule has 6 aromatic rings. The smallest absolute Gasteiger partial charge is 0.0767 e. The molecule has 2 aromatic heterocycles.